The number of hydrogen-bond acceptors (Lipinski definition) is 3. The predicted octanol–water partition coefficient (Wildman–Crippen LogP) is 1.76. The van der Waals surface area contributed by atoms with Gasteiger partial charge in [-0.3, -0.25) is 0 Å². The van der Waals surface area contributed by atoms with E-state index in [4.69, 9.17) is 17.3 Å². The van der Waals surface area contributed by atoms with E-state index in [0.29, 0.717) is 25.9 Å². The summed E-state index contributed by atoms with van der Waals surface area (Å²) in [5.74, 6) is 0. The van der Waals surface area contributed by atoms with Gasteiger partial charge in [0, 0.05) is 19.1 Å². The standard InChI is InChI=1S/C12H17ClN2O2S/c1-9-2-3-11(13)12(8-9)18(16,17)15-6-4-10(14)5-7-15/h2-3,8,10H,4-7,14H2,1H3. The number of hydrogen-bond donors (Lipinski definition) is 1. The quantitative estimate of drug-likeness (QED) is 0.902. The highest BCUT2D eigenvalue weighted by atomic mass is 35.5. The first kappa shape index (κ1) is 13.8. The van der Waals surface area contributed by atoms with E-state index < -0.39 is 10.0 Å². The summed E-state index contributed by atoms with van der Waals surface area (Å²) in [5, 5.41) is 0.274. The Labute approximate surface area is 113 Å². The summed E-state index contributed by atoms with van der Waals surface area (Å²) in [4.78, 5) is 0.194. The van der Waals surface area contributed by atoms with Gasteiger partial charge in [0.15, 0.2) is 0 Å². The number of nitrogens with zero attached hydrogens (tertiary/aromatic N) is 1. The van der Waals surface area contributed by atoms with Crippen molar-refractivity contribution in [2.75, 3.05) is 13.1 Å². The molecule has 1 aromatic carbocycles. The van der Waals surface area contributed by atoms with Crippen molar-refractivity contribution in [1.82, 2.24) is 4.31 Å². The summed E-state index contributed by atoms with van der Waals surface area (Å²) >= 11 is 6.00. The molecule has 6 heteroatoms. The summed E-state index contributed by atoms with van der Waals surface area (Å²) in [7, 11) is -3.49. The van der Waals surface area contributed by atoms with Gasteiger partial charge in [0.25, 0.3) is 0 Å². The first-order valence-corrected chi connectivity index (χ1v) is 7.75. The molecule has 100 valence electrons. The van der Waals surface area contributed by atoms with Gasteiger partial charge in [-0.2, -0.15) is 4.31 Å². The van der Waals surface area contributed by atoms with Crippen LogP contribution in [0, 0.1) is 6.92 Å². The van der Waals surface area contributed by atoms with Crippen LogP contribution in [0.25, 0.3) is 0 Å². The normalized spacial score (nSPS) is 19.1. The summed E-state index contributed by atoms with van der Waals surface area (Å²) in [6, 6.07) is 5.14. The van der Waals surface area contributed by atoms with Crippen LogP contribution in [0.4, 0.5) is 0 Å². The highest BCUT2D eigenvalue weighted by Crippen LogP contribution is 2.27. The molecular weight excluding hydrogens is 272 g/mol. The maximum Gasteiger partial charge on any atom is 0.244 e. The van der Waals surface area contributed by atoms with Gasteiger partial charge in [0.05, 0.1) is 5.02 Å². The Hall–Kier alpha value is -0.620. The molecule has 0 aromatic heterocycles. The summed E-state index contributed by atoms with van der Waals surface area (Å²) in [5.41, 5.74) is 6.67. The lowest BCUT2D eigenvalue weighted by atomic mass is 10.1. The minimum absolute atomic E-state index is 0.101. The molecule has 2 N–H and O–H groups in total. The van der Waals surface area contributed by atoms with Gasteiger partial charge in [-0.1, -0.05) is 17.7 Å². The molecule has 1 saturated heterocycles. The average molecular weight is 289 g/mol. The predicted molar refractivity (Wildman–Crippen MR) is 72.2 cm³/mol. The number of aryl methyl sites for hydroxylation is 1. The van der Waals surface area contributed by atoms with Crippen molar-refractivity contribution in [3.8, 4) is 0 Å². The van der Waals surface area contributed by atoms with Crippen molar-refractivity contribution in [1.29, 1.82) is 0 Å². The van der Waals surface area contributed by atoms with E-state index in [9.17, 15) is 8.42 Å². The van der Waals surface area contributed by atoms with Crippen LogP contribution in [0.15, 0.2) is 23.1 Å². The van der Waals surface area contributed by atoms with Gasteiger partial charge in [0.1, 0.15) is 4.90 Å². The second kappa shape index (κ2) is 5.17. The smallest absolute Gasteiger partial charge is 0.244 e. The van der Waals surface area contributed by atoms with Gasteiger partial charge in [-0.15, -0.1) is 0 Å². The van der Waals surface area contributed by atoms with E-state index in [1.165, 1.54) is 4.31 Å². The fraction of sp³-hybridized carbons (Fsp3) is 0.500. The maximum atomic E-state index is 12.5. The Bertz CT molecular complexity index is 537. The molecule has 0 amide bonds. The zero-order valence-electron chi connectivity index (χ0n) is 10.3. The van der Waals surface area contributed by atoms with Gasteiger partial charge < -0.3 is 5.73 Å². The molecule has 1 aliphatic heterocycles. The number of piperidine rings is 1. The minimum atomic E-state index is -3.49. The molecule has 2 rings (SSSR count). The van der Waals surface area contributed by atoms with Crippen LogP contribution in [0.3, 0.4) is 0 Å². The Balaban J connectivity index is 2.33. The number of nitrogens with two attached hydrogens (primary N) is 1. The summed E-state index contributed by atoms with van der Waals surface area (Å²) < 4.78 is 26.4. The average Bonchev–Trinajstić information content (AvgIpc) is 2.32. The van der Waals surface area contributed by atoms with Crippen LogP contribution in [-0.4, -0.2) is 31.9 Å². The Morgan fingerprint density at radius 2 is 1.94 bits per heavy atom. The van der Waals surface area contributed by atoms with Gasteiger partial charge in [-0.05, 0) is 37.5 Å². The zero-order chi connectivity index (χ0) is 13.3. The molecule has 0 saturated carbocycles. The molecule has 1 fully saturated rings. The topological polar surface area (TPSA) is 63.4 Å². The molecule has 0 unspecified atom stereocenters. The third kappa shape index (κ3) is 2.69. The van der Waals surface area contributed by atoms with Crippen molar-refractivity contribution in [2.24, 2.45) is 5.73 Å². The van der Waals surface area contributed by atoms with Crippen LogP contribution in [-0.2, 0) is 10.0 Å². The third-order valence-corrected chi connectivity index (χ3v) is 5.58. The van der Waals surface area contributed by atoms with E-state index in [1.54, 1.807) is 18.2 Å². The molecule has 0 spiro atoms. The van der Waals surface area contributed by atoms with Crippen molar-refractivity contribution < 1.29 is 8.42 Å². The van der Waals surface area contributed by atoms with E-state index in [0.717, 1.165) is 5.56 Å². The van der Waals surface area contributed by atoms with Crippen LogP contribution in [0.2, 0.25) is 5.02 Å². The highest BCUT2D eigenvalue weighted by Gasteiger charge is 2.29. The molecule has 4 nitrogen and oxygen atoms in total. The first-order chi connectivity index (χ1) is 8.41. The van der Waals surface area contributed by atoms with Gasteiger partial charge in [-0.25, -0.2) is 8.42 Å². The van der Waals surface area contributed by atoms with Crippen LogP contribution >= 0.6 is 11.6 Å². The van der Waals surface area contributed by atoms with Crippen LogP contribution in [0.5, 0.6) is 0 Å². The lowest BCUT2D eigenvalue weighted by Gasteiger charge is -2.29. The van der Waals surface area contributed by atoms with Crippen molar-refractivity contribution >= 4 is 21.6 Å². The van der Waals surface area contributed by atoms with Crippen molar-refractivity contribution in [3.63, 3.8) is 0 Å². The second-order valence-electron chi connectivity index (χ2n) is 4.68. The lowest BCUT2D eigenvalue weighted by molar-refractivity contribution is 0.320. The molecular formula is C12H17ClN2O2S. The Morgan fingerprint density at radius 3 is 2.56 bits per heavy atom. The van der Waals surface area contributed by atoms with Crippen molar-refractivity contribution in [3.05, 3.63) is 28.8 Å². The molecule has 0 radical (unpaired) electrons. The van der Waals surface area contributed by atoms with Crippen LogP contribution < -0.4 is 5.73 Å². The van der Waals surface area contributed by atoms with E-state index >= 15 is 0 Å². The molecule has 18 heavy (non-hydrogen) atoms. The maximum absolute atomic E-state index is 12.5. The molecule has 1 aliphatic rings. The Kier molecular flexibility index (Phi) is 3.96. The van der Waals surface area contributed by atoms with E-state index in [1.807, 2.05) is 6.92 Å². The third-order valence-electron chi connectivity index (χ3n) is 3.20. The fourth-order valence-corrected chi connectivity index (χ4v) is 4.09. The second-order valence-corrected chi connectivity index (χ2v) is 6.99. The minimum Gasteiger partial charge on any atom is -0.328 e. The number of halogens is 1. The fourth-order valence-electron chi connectivity index (χ4n) is 2.06. The van der Waals surface area contributed by atoms with E-state index in [2.05, 4.69) is 0 Å². The molecule has 1 heterocycles. The summed E-state index contributed by atoms with van der Waals surface area (Å²) in [6.07, 6.45) is 1.39. The zero-order valence-corrected chi connectivity index (χ0v) is 11.8. The molecule has 0 bridgehead atoms. The van der Waals surface area contributed by atoms with Crippen molar-refractivity contribution in [2.45, 2.75) is 30.7 Å². The summed E-state index contributed by atoms with van der Waals surface area (Å²) in [6.45, 7) is 2.78. The van der Waals surface area contributed by atoms with E-state index in [-0.39, 0.29) is 16.0 Å². The highest BCUT2D eigenvalue weighted by molar-refractivity contribution is 7.89. The van der Waals surface area contributed by atoms with Gasteiger partial charge in [0.2, 0.25) is 10.0 Å². The SMILES string of the molecule is Cc1ccc(Cl)c(S(=O)(=O)N2CCC(N)CC2)c1. The Morgan fingerprint density at radius 1 is 1.33 bits per heavy atom. The molecule has 0 aliphatic carbocycles. The monoisotopic (exact) mass is 288 g/mol. The lowest BCUT2D eigenvalue weighted by Crippen LogP contribution is -2.42. The molecule has 1 aromatic rings. The number of sulfonamides is 1. The first-order valence-electron chi connectivity index (χ1n) is 5.93. The number of rotatable bonds is 2. The molecule has 0 atom stereocenters. The largest absolute Gasteiger partial charge is 0.328 e. The van der Waals surface area contributed by atoms with Gasteiger partial charge >= 0.3 is 0 Å². The number of benzene rings is 1. The van der Waals surface area contributed by atoms with Crippen LogP contribution in [0.1, 0.15) is 18.4 Å².